The number of carbonyl (C=O) groups excluding carboxylic acids is 1. The van der Waals surface area contributed by atoms with Gasteiger partial charge in [-0.3, -0.25) is 4.79 Å². The van der Waals surface area contributed by atoms with E-state index in [1.54, 1.807) is 6.07 Å². The first kappa shape index (κ1) is 21.5. The fraction of sp³-hybridized carbons (Fsp3) is 0.0833. The predicted octanol–water partition coefficient (Wildman–Crippen LogP) is 4.20. The number of para-hydroxylation sites is 1. The fourth-order valence-electron chi connectivity index (χ4n) is 3.35. The summed E-state index contributed by atoms with van der Waals surface area (Å²) in [5.74, 6) is 0.384. The summed E-state index contributed by atoms with van der Waals surface area (Å²) in [6, 6.07) is 22.4. The topological polar surface area (TPSA) is 111 Å². The highest BCUT2D eigenvalue weighted by atomic mass is 32.2. The Morgan fingerprint density at radius 3 is 2.47 bits per heavy atom. The number of nitrogens with zero attached hydrogens (tertiary/aromatic N) is 1. The zero-order valence-corrected chi connectivity index (χ0v) is 18.1. The van der Waals surface area contributed by atoms with Gasteiger partial charge in [0.1, 0.15) is 5.75 Å². The van der Waals surface area contributed by atoms with Gasteiger partial charge in [-0.1, -0.05) is 30.3 Å². The van der Waals surface area contributed by atoms with Crippen molar-refractivity contribution in [1.29, 1.82) is 0 Å². The van der Waals surface area contributed by atoms with Crippen molar-refractivity contribution in [1.82, 2.24) is 4.98 Å². The van der Waals surface area contributed by atoms with E-state index < -0.39 is 10.0 Å². The standard InChI is InChI=1S/C24H21N3O4S/c1-2-31-18-7-5-6-16(14-18)23-15-21(20-8-3-4-9-22(20)27-23)24(28)26-17-10-12-19(13-11-17)32(25,29)30/h3-15H,2H2,1H3,(H,26,28)(H2,25,29,30). The smallest absolute Gasteiger partial charge is 0.256 e. The number of pyridine rings is 1. The van der Waals surface area contributed by atoms with Crippen LogP contribution in [-0.4, -0.2) is 25.9 Å². The number of rotatable bonds is 6. The molecule has 0 atom stereocenters. The average Bonchev–Trinajstić information content (AvgIpc) is 2.78. The Bertz CT molecular complexity index is 1400. The Labute approximate surface area is 185 Å². The van der Waals surface area contributed by atoms with E-state index in [2.05, 4.69) is 5.32 Å². The minimum Gasteiger partial charge on any atom is -0.494 e. The number of ether oxygens (including phenoxy) is 1. The van der Waals surface area contributed by atoms with Crippen molar-refractivity contribution in [2.24, 2.45) is 5.14 Å². The third-order valence-corrected chi connectivity index (χ3v) is 5.77. The molecule has 4 rings (SSSR count). The molecule has 0 spiro atoms. The maximum absolute atomic E-state index is 13.2. The number of sulfonamides is 1. The molecule has 1 aromatic heterocycles. The Morgan fingerprint density at radius 2 is 1.75 bits per heavy atom. The number of primary sulfonamides is 1. The highest BCUT2D eigenvalue weighted by molar-refractivity contribution is 7.89. The van der Waals surface area contributed by atoms with Crippen molar-refractivity contribution in [3.63, 3.8) is 0 Å². The first-order valence-corrected chi connectivity index (χ1v) is 11.5. The van der Waals surface area contributed by atoms with Gasteiger partial charge in [-0.25, -0.2) is 18.5 Å². The number of fused-ring (bicyclic) bond motifs is 1. The molecular formula is C24H21N3O4S. The van der Waals surface area contributed by atoms with E-state index in [9.17, 15) is 13.2 Å². The molecule has 162 valence electrons. The third-order valence-electron chi connectivity index (χ3n) is 4.84. The van der Waals surface area contributed by atoms with E-state index >= 15 is 0 Å². The maximum atomic E-state index is 13.2. The lowest BCUT2D eigenvalue weighted by Gasteiger charge is -2.12. The van der Waals surface area contributed by atoms with Crippen LogP contribution in [0.1, 0.15) is 17.3 Å². The Kier molecular flexibility index (Phi) is 5.89. The van der Waals surface area contributed by atoms with Crippen molar-refractivity contribution in [3.8, 4) is 17.0 Å². The van der Waals surface area contributed by atoms with Crippen LogP contribution in [0.5, 0.6) is 5.75 Å². The summed E-state index contributed by atoms with van der Waals surface area (Å²) < 4.78 is 28.5. The third kappa shape index (κ3) is 4.61. The summed E-state index contributed by atoms with van der Waals surface area (Å²) in [6.45, 7) is 2.46. The molecule has 0 bridgehead atoms. The molecule has 0 aliphatic heterocycles. The van der Waals surface area contributed by atoms with Gasteiger partial charge in [-0.15, -0.1) is 0 Å². The number of amides is 1. The monoisotopic (exact) mass is 447 g/mol. The second-order valence-corrected chi connectivity index (χ2v) is 8.62. The van der Waals surface area contributed by atoms with Crippen LogP contribution in [0.3, 0.4) is 0 Å². The molecule has 3 N–H and O–H groups in total. The van der Waals surface area contributed by atoms with Crippen LogP contribution < -0.4 is 15.2 Å². The summed E-state index contributed by atoms with van der Waals surface area (Å²) in [4.78, 5) is 17.8. The zero-order valence-electron chi connectivity index (χ0n) is 17.3. The van der Waals surface area contributed by atoms with Gasteiger partial charge >= 0.3 is 0 Å². The average molecular weight is 448 g/mol. The summed E-state index contributed by atoms with van der Waals surface area (Å²) in [5, 5.41) is 8.65. The molecule has 4 aromatic rings. The lowest BCUT2D eigenvalue weighted by Crippen LogP contribution is -2.14. The normalized spacial score (nSPS) is 11.3. The van der Waals surface area contributed by atoms with Crippen molar-refractivity contribution < 1.29 is 17.9 Å². The summed E-state index contributed by atoms with van der Waals surface area (Å²) in [7, 11) is -3.80. The van der Waals surface area contributed by atoms with Gasteiger partial charge in [0.25, 0.3) is 5.91 Å². The van der Waals surface area contributed by atoms with Gasteiger partial charge in [0, 0.05) is 16.6 Å². The van der Waals surface area contributed by atoms with Crippen LogP contribution in [0.15, 0.2) is 83.8 Å². The Balaban J connectivity index is 1.73. The molecule has 32 heavy (non-hydrogen) atoms. The number of carbonyl (C=O) groups is 1. The van der Waals surface area contributed by atoms with Gasteiger partial charge in [-0.05, 0) is 55.5 Å². The summed E-state index contributed by atoms with van der Waals surface area (Å²) >= 11 is 0. The molecule has 3 aromatic carbocycles. The number of nitrogens with one attached hydrogen (secondary N) is 1. The fourth-order valence-corrected chi connectivity index (χ4v) is 3.86. The molecule has 0 aliphatic carbocycles. The minimum absolute atomic E-state index is 0.0265. The van der Waals surface area contributed by atoms with Crippen molar-refractivity contribution in [2.45, 2.75) is 11.8 Å². The molecule has 0 fully saturated rings. The number of hydrogen-bond donors (Lipinski definition) is 2. The van der Waals surface area contributed by atoms with Gasteiger partial charge in [-0.2, -0.15) is 0 Å². The second kappa shape index (κ2) is 8.78. The Hall–Kier alpha value is -3.75. The lowest BCUT2D eigenvalue weighted by atomic mass is 10.0. The van der Waals surface area contributed by atoms with Crippen LogP contribution in [-0.2, 0) is 10.0 Å². The SMILES string of the molecule is CCOc1cccc(-c2cc(C(=O)Nc3ccc(S(N)(=O)=O)cc3)c3ccccc3n2)c1. The minimum atomic E-state index is -3.80. The van der Waals surface area contributed by atoms with Crippen LogP contribution in [0.4, 0.5) is 5.69 Å². The highest BCUT2D eigenvalue weighted by Crippen LogP contribution is 2.28. The van der Waals surface area contributed by atoms with Crippen LogP contribution in [0.2, 0.25) is 0 Å². The van der Waals surface area contributed by atoms with Crippen molar-refractivity contribution in [2.75, 3.05) is 11.9 Å². The first-order chi connectivity index (χ1) is 15.3. The number of nitrogens with two attached hydrogens (primary N) is 1. The van der Waals surface area contributed by atoms with E-state index in [1.807, 2.05) is 55.5 Å². The van der Waals surface area contributed by atoms with Crippen LogP contribution >= 0.6 is 0 Å². The number of aromatic nitrogens is 1. The van der Waals surface area contributed by atoms with E-state index in [0.717, 1.165) is 11.3 Å². The molecule has 1 heterocycles. The predicted molar refractivity (Wildman–Crippen MR) is 124 cm³/mol. The van der Waals surface area contributed by atoms with Crippen molar-refractivity contribution in [3.05, 3.63) is 84.4 Å². The van der Waals surface area contributed by atoms with E-state index in [-0.39, 0.29) is 10.8 Å². The number of anilines is 1. The van der Waals surface area contributed by atoms with Gasteiger partial charge in [0.15, 0.2) is 0 Å². The molecular weight excluding hydrogens is 426 g/mol. The quantitative estimate of drug-likeness (QED) is 0.460. The van der Waals surface area contributed by atoms with Crippen molar-refractivity contribution >= 4 is 32.5 Å². The first-order valence-electron chi connectivity index (χ1n) is 9.92. The van der Waals surface area contributed by atoms with E-state index in [1.165, 1.54) is 24.3 Å². The largest absolute Gasteiger partial charge is 0.494 e. The number of hydrogen-bond acceptors (Lipinski definition) is 5. The molecule has 1 amide bonds. The molecule has 7 nitrogen and oxygen atoms in total. The van der Waals surface area contributed by atoms with Crippen LogP contribution in [0.25, 0.3) is 22.2 Å². The molecule has 0 radical (unpaired) electrons. The van der Waals surface area contributed by atoms with Gasteiger partial charge in [0.2, 0.25) is 10.0 Å². The molecule has 0 aliphatic rings. The molecule has 8 heteroatoms. The van der Waals surface area contributed by atoms with E-state index in [0.29, 0.717) is 34.5 Å². The summed E-state index contributed by atoms with van der Waals surface area (Å²) in [6.07, 6.45) is 0. The van der Waals surface area contributed by atoms with Gasteiger partial charge in [0.05, 0.1) is 28.3 Å². The van der Waals surface area contributed by atoms with Gasteiger partial charge < -0.3 is 10.1 Å². The van der Waals surface area contributed by atoms with E-state index in [4.69, 9.17) is 14.9 Å². The number of benzene rings is 3. The zero-order chi connectivity index (χ0) is 22.7. The molecule has 0 saturated carbocycles. The lowest BCUT2D eigenvalue weighted by molar-refractivity contribution is 0.102. The Morgan fingerprint density at radius 1 is 1.00 bits per heavy atom. The second-order valence-electron chi connectivity index (χ2n) is 7.06. The highest BCUT2D eigenvalue weighted by Gasteiger charge is 2.15. The molecule has 0 unspecified atom stereocenters. The maximum Gasteiger partial charge on any atom is 0.256 e. The molecule has 0 saturated heterocycles. The summed E-state index contributed by atoms with van der Waals surface area (Å²) in [5.41, 5.74) is 3.04. The van der Waals surface area contributed by atoms with Crippen LogP contribution in [0, 0.1) is 0 Å².